The van der Waals surface area contributed by atoms with Crippen molar-refractivity contribution in [3.63, 3.8) is 0 Å². The molecule has 0 bridgehead atoms. The van der Waals surface area contributed by atoms with Crippen LogP contribution in [-0.4, -0.2) is 33.6 Å². The van der Waals surface area contributed by atoms with Gasteiger partial charge in [0, 0.05) is 13.0 Å². The minimum Gasteiger partial charge on any atom is -0.316 e. The third kappa shape index (κ3) is 4.13. The van der Waals surface area contributed by atoms with E-state index in [1.807, 2.05) is 4.68 Å². The van der Waals surface area contributed by atoms with E-state index in [1.165, 1.54) is 12.8 Å². The number of nitrogens with zero attached hydrogens (tertiary/aromatic N) is 3. The predicted octanol–water partition coefficient (Wildman–Crippen LogP) is 1.83. The smallest absolute Gasteiger partial charge is 0.140 e. The average molecular weight is 278 g/mol. The molecule has 2 heterocycles. The normalized spacial score (nSPS) is 20.8. The summed E-state index contributed by atoms with van der Waals surface area (Å²) >= 11 is 0. The minimum atomic E-state index is 0.286. The van der Waals surface area contributed by atoms with E-state index in [0.29, 0.717) is 24.7 Å². The largest absolute Gasteiger partial charge is 0.316 e. The zero-order valence-corrected chi connectivity index (χ0v) is 12.6. The van der Waals surface area contributed by atoms with E-state index in [-0.39, 0.29) is 5.78 Å². The average Bonchev–Trinajstić information content (AvgIpc) is 2.87. The molecule has 1 N–H and O–H groups in total. The topological polar surface area (TPSA) is 59.8 Å². The molecule has 2 rings (SSSR count). The number of hydrogen-bond acceptors (Lipinski definition) is 4. The lowest BCUT2D eigenvalue weighted by molar-refractivity contribution is -0.119. The maximum Gasteiger partial charge on any atom is 0.140 e. The van der Waals surface area contributed by atoms with Crippen molar-refractivity contribution in [3.8, 4) is 0 Å². The van der Waals surface area contributed by atoms with E-state index < -0.39 is 0 Å². The molecule has 0 radical (unpaired) electrons. The Kier molecular flexibility index (Phi) is 5.71. The molecule has 5 nitrogen and oxygen atoms in total. The Morgan fingerprint density at radius 1 is 1.60 bits per heavy atom. The minimum absolute atomic E-state index is 0.286. The van der Waals surface area contributed by atoms with Gasteiger partial charge in [-0.3, -0.25) is 4.79 Å². The molecule has 112 valence electrons. The van der Waals surface area contributed by atoms with Crippen LogP contribution in [0.15, 0.2) is 6.33 Å². The Morgan fingerprint density at radius 2 is 2.45 bits per heavy atom. The summed E-state index contributed by atoms with van der Waals surface area (Å²) in [7, 11) is 0. The third-order valence-corrected chi connectivity index (χ3v) is 4.18. The number of carbonyl (C=O) groups is 1. The Balaban J connectivity index is 1.83. The van der Waals surface area contributed by atoms with Gasteiger partial charge in [0.2, 0.25) is 0 Å². The highest BCUT2D eigenvalue weighted by atomic mass is 16.1. The standard InChI is InChI=1S/C15H26N4O/c1-3-7-19-15(17-11-18-19)9-14(20)8-12(2)13-5-4-6-16-10-13/h11-13,16H,3-10H2,1-2H3. The number of aryl methyl sites for hydroxylation is 1. The van der Waals surface area contributed by atoms with Gasteiger partial charge < -0.3 is 5.32 Å². The fourth-order valence-corrected chi connectivity index (χ4v) is 2.96. The van der Waals surface area contributed by atoms with Gasteiger partial charge >= 0.3 is 0 Å². The van der Waals surface area contributed by atoms with Crippen molar-refractivity contribution in [1.29, 1.82) is 0 Å². The van der Waals surface area contributed by atoms with Crippen LogP contribution in [0, 0.1) is 11.8 Å². The van der Waals surface area contributed by atoms with Crippen molar-refractivity contribution >= 4 is 5.78 Å². The number of rotatable bonds is 7. The van der Waals surface area contributed by atoms with Crippen LogP contribution in [0.4, 0.5) is 0 Å². The number of aromatic nitrogens is 3. The molecule has 1 aliphatic rings. The van der Waals surface area contributed by atoms with Crippen molar-refractivity contribution in [3.05, 3.63) is 12.2 Å². The molecule has 2 atom stereocenters. The first-order valence-corrected chi connectivity index (χ1v) is 7.79. The van der Waals surface area contributed by atoms with Gasteiger partial charge in [-0.25, -0.2) is 9.67 Å². The van der Waals surface area contributed by atoms with Gasteiger partial charge in [-0.05, 0) is 44.2 Å². The first-order chi connectivity index (χ1) is 9.70. The summed E-state index contributed by atoms with van der Waals surface area (Å²) in [5, 5.41) is 7.59. The van der Waals surface area contributed by atoms with E-state index in [2.05, 4.69) is 29.2 Å². The zero-order valence-electron chi connectivity index (χ0n) is 12.6. The second-order valence-corrected chi connectivity index (χ2v) is 5.90. The van der Waals surface area contributed by atoms with Crippen LogP contribution < -0.4 is 5.32 Å². The highest BCUT2D eigenvalue weighted by Gasteiger charge is 2.22. The quantitative estimate of drug-likeness (QED) is 0.826. The summed E-state index contributed by atoms with van der Waals surface area (Å²) in [4.78, 5) is 16.4. The molecule has 2 unspecified atom stereocenters. The number of hydrogen-bond donors (Lipinski definition) is 1. The molecule has 1 fully saturated rings. The molecule has 0 amide bonds. The lowest BCUT2D eigenvalue weighted by Crippen LogP contribution is -2.34. The van der Waals surface area contributed by atoms with Crippen LogP contribution in [0.1, 0.15) is 45.4 Å². The maximum atomic E-state index is 12.2. The monoisotopic (exact) mass is 278 g/mol. The van der Waals surface area contributed by atoms with E-state index in [0.717, 1.165) is 31.9 Å². The van der Waals surface area contributed by atoms with E-state index >= 15 is 0 Å². The molecule has 1 aliphatic heterocycles. The van der Waals surface area contributed by atoms with Gasteiger partial charge in [-0.1, -0.05) is 13.8 Å². The number of piperidine rings is 1. The summed E-state index contributed by atoms with van der Waals surface area (Å²) < 4.78 is 1.85. The number of ketones is 1. The van der Waals surface area contributed by atoms with Gasteiger partial charge in [-0.2, -0.15) is 5.10 Å². The van der Waals surface area contributed by atoms with Crippen LogP contribution in [0.5, 0.6) is 0 Å². The van der Waals surface area contributed by atoms with E-state index in [9.17, 15) is 4.79 Å². The fraction of sp³-hybridized carbons (Fsp3) is 0.800. The number of nitrogens with one attached hydrogen (secondary N) is 1. The Bertz CT molecular complexity index is 423. The molecule has 0 saturated carbocycles. The lowest BCUT2D eigenvalue weighted by Gasteiger charge is -2.27. The highest BCUT2D eigenvalue weighted by Crippen LogP contribution is 2.23. The molecular weight excluding hydrogens is 252 g/mol. The number of carbonyl (C=O) groups excluding carboxylic acids is 1. The van der Waals surface area contributed by atoms with Crippen LogP contribution in [0.2, 0.25) is 0 Å². The van der Waals surface area contributed by atoms with Crippen LogP contribution >= 0.6 is 0 Å². The van der Waals surface area contributed by atoms with Crippen molar-refractivity contribution in [2.24, 2.45) is 11.8 Å². The van der Waals surface area contributed by atoms with Gasteiger partial charge in [0.25, 0.3) is 0 Å². The van der Waals surface area contributed by atoms with Crippen molar-refractivity contribution in [2.75, 3.05) is 13.1 Å². The van der Waals surface area contributed by atoms with Gasteiger partial charge in [0.15, 0.2) is 0 Å². The van der Waals surface area contributed by atoms with Crippen LogP contribution in [0.25, 0.3) is 0 Å². The summed E-state index contributed by atoms with van der Waals surface area (Å²) in [6.45, 7) is 7.32. The van der Waals surface area contributed by atoms with Crippen LogP contribution in [0.3, 0.4) is 0 Å². The second-order valence-electron chi connectivity index (χ2n) is 5.90. The van der Waals surface area contributed by atoms with Gasteiger partial charge in [0.05, 0.1) is 6.42 Å². The van der Waals surface area contributed by atoms with Crippen molar-refractivity contribution in [2.45, 2.75) is 52.5 Å². The first-order valence-electron chi connectivity index (χ1n) is 7.79. The van der Waals surface area contributed by atoms with E-state index in [4.69, 9.17) is 0 Å². The van der Waals surface area contributed by atoms with E-state index in [1.54, 1.807) is 6.33 Å². The summed E-state index contributed by atoms with van der Waals surface area (Å²) in [6.07, 6.45) is 6.11. The maximum absolute atomic E-state index is 12.2. The first kappa shape index (κ1) is 15.2. The molecule has 1 aromatic rings. The van der Waals surface area contributed by atoms with Crippen molar-refractivity contribution < 1.29 is 4.79 Å². The fourth-order valence-electron chi connectivity index (χ4n) is 2.96. The summed E-state index contributed by atoms with van der Waals surface area (Å²) in [5.74, 6) is 2.19. The Labute approximate surface area is 121 Å². The molecule has 1 aromatic heterocycles. The second kappa shape index (κ2) is 7.53. The highest BCUT2D eigenvalue weighted by molar-refractivity contribution is 5.80. The molecule has 1 saturated heterocycles. The third-order valence-electron chi connectivity index (χ3n) is 4.18. The molecule has 5 heteroatoms. The summed E-state index contributed by atoms with van der Waals surface area (Å²) in [5.41, 5.74) is 0. The van der Waals surface area contributed by atoms with Gasteiger partial charge in [0.1, 0.15) is 17.9 Å². The number of Topliss-reactive ketones (excluding diaryl/α,β-unsaturated/α-hetero) is 1. The molecule has 20 heavy (non-hydrogen) atoms. The summed E-state index contributed by atoms with van der Waals surface area (Å²) in [6, 6.07) is 0. The van der Waals surface area contributed by atoms with Crippen molar-refractivity contribution in [1.82, 2.24) is 20.1 Å². The lowest BCUT2D eigenvalue weighted by atomic mass is 9.84. The molecule has 0 aromatic carbocycles. The van der Waals surface area contributed by atoms with Gasteiger partial charge in [-0.15, -0.1) is 0 Å². The molecule has 0 spiro atoms. The SMILES string of the molecule is CCCn1ncnc1CC(=O)CC(C)C1CCCNC1. The predicted molar refractivity (Wildman–Crippen MR) is 78.4 cm³/mol. The molecular formula is C15H26N4O. The van der Waals surface area contributed by atoms with Crippen LogP contribution in [-0.2, 0) is 17.8 Å². The molecule has 0 aliphatic carbocycles. The Morgan fingerprint density at radius 3 is 3.15 bits per heavy atom. The zero-order chi connectivity index (χ0) is 14.4. The Hall–Kier alpha value is -1.23.